The fraction of sp³-hybridized carbons (Fsp3) is 0.286. The number of benzene rings is 2. The Labute approximate surface area is 182 Å². The van der Waals surface area contributed by atoms with Crippen molar-refractivity contribution < 1.29 is 24.2 Å². The van der Waals surface area contributed by atoms with Crippen LogP contribution in [0.15, 0.2) is 59.1 Å². The van der Waals surface area contributed by atoms with Crippen LogP contribution in [0, 0.1) is 0 Å². The number of hydrogen-bond donors (Lipinski definition) is 4. The van der Waals surface area contributed by atoms with Crippen molar-refractivity contribution in [1.29, 1.82) is 0 Å². The number of aliphatic hydroxyl groups excluding tert-OH is 1. The molecule has 0 bridgehead atoms. The molecule has 160 valence electrons. The van der Waals surface area contributed by atoms with Crippen molar-refractivity contribution in [3.8, 4) is 0 Å². The Bertz CT molecular complexity index is 863. The molecule has 0 unspecified atom stereocenters. The van der Waals surface area contributed by atoms with E-state index in [-0.39, 0.29) is 26.0 Å². The van der Waals surface area contributed by atoms with E-state index in [9.17, 15) is 19.5 Å². The molecule has 5 N–H and O–H groups in total. The van der Waals surface area contributed by atoms with Gasteiger partial charge >= 0.3 is 6.09 Å². The van der Waals surface area contributed by atoms with Gasteiger partial charge in [-0.2, -0.15) is 0 Å². The van der Waals surface area contributed by atoms with E-state index in [0.29, 0.717) is 0 Å². The van der Waals surface area contributed by atoms with Crippen LogP contribution in [0.25, 0.3) is 0 Å². The number of nitrogens with one attached hydrogen (secondary N) is 2. The van der Waals surface area contributed by atoms with E-state index in [1.807, 2.05) is 54.6 Å². The molecule has 2 aromatic rings. The van der Waals surface area contributed by atoms with Crippen molar-refractivity contribution in [3.63, 3.8) is 0 Å². The Morgan fingerprint density at radius 1 is 1.07 bits per heavy atom. The third-order valence-electron chi connectivity index (χ3n) is 4.12. The van der Waals surface area contributed by atoms with Gasteiger partial charge in [0.05, 0.1) is 12.5 Å². The molecule has 30 heavy (non-hydrogen) atoms. The largest absolute Gasteiger partial charge is 0.445 e. The third-order valence-corrected chi connectivity index (χ3v) is 4.62. The van der Waals surface area contributed by atoms with Crippen LogP contribution in [0.2, 0.25) is 0 Å². The molecule has 0 aliphatic heterocycles. The molecule has 0 aliphatic rings. The van der Waals surface area contributed by atoms with Crippen molar-refractivity contribution in [2.45, 2.75) is 31.6 Å². The second-order valence-corrected chi connectivity index (χ2v) is 7.57. The summed E-state index contributed by atoms with van der Waals surface area (Å²) in [6, 6.07) is 15.5. The van der Waals surface area contributed by atoms with Gasteiger partial charge < -0.3 is 26.2 Å². The van der Waals surface area contributed by atoms with Crippen LogP contribution in [0.3, 0.4) is 0 Å². The predicted octanol–water partition coefficient (Wildman–Crippen LogP) is 1.64. The number of carbonyl (C=O) groups is 3. The number of alkyl carbamates (subject to hydrolysis) is 1. The molecule has 2 aromatic carbocycles. The summed E-state index contributed by atoms with van der Waals surface area (Å²) in [5.41, 5.74) is 7.03. The highest BCUT2D eigenvalue weighted by molar-refractivity contribution is 9.10. The van der Waals surface area contributed by atoms with E-state index >= 15 is 0 Å². The summed E-state index contributed by atoms with van der Waals surface area (Å²) in [7, 11) is 0. The number of carbonyl (C=O) groups excluding carboxylic acids is 3. The average molecular weight is 478 g/mol. The fourth-order valence-corrected chi connectivity index (χ4v) is 3.08. The number of amides is 3. The quantitative estimate of drug-likeness (QED) is 0.413. The fourth-order valence-electron chi connectivity index (χ4n) is 2.64. The molecule has 2 rings (SSSR count). The van der Waals surface area contributed by atoms with E-state index < -0.39 is 30.1 Å². The number of hydrogen-bond acceptors (Lipinski definition) is 5. The molecule has 0 fully saturated rings. The Hall–Kier alpha value is -2.91. The van der Waals surface area contributed by atoms with Gasteiger partial charge in [-0.15, -0.1) is 0 Å². The predicted molar refractivity (Wildman–Crippen MR) is 114 cm³/mol. The SMILES string of the molecule is NC(=O)[C@H](Cc1cccc(Br)c1)NC(=O)C[C@H](O)CNC(=O)OCc1ccccc1. The van der Waals surface area contributed by atoms with Gasteiger partial charge in [0.1, 0.15) is 12.6 Å². The molecule has 0 spiro atoms. The number of rotatable bonds is 10. The highest BCUT2D eigenvalue weighted by Gasteiger charge is 2.21. The lowest BCUT2D eigenvalue weighted by Crippen LogP contribution is -2.47. The van der Waals surface area contributed by atoms with Gasteiger partial charge in [0.15, 0.2) is 0 Å². The lowest BCUT2D eigenvalue weighted by atomic mass is 10.1. The van der Waals surface area contributed by atoms with Crippen LogP contribution in [0.1, 0.15) is 17.5 Å². The summed E-state index contributed by atoms with van der Waals surface area (Å²) in [4.78, 5) is 35.5. The molecule has 0 aliphatic carbocycles. The van der Waals surface area contributed by atoms with Crippen LogP contribution in [-0.4, -0.2) is 41.7 Å². The zero-order chi connectivity index (χ0) is 21.9. The van der Waals surface area contributed by atoms with E-state index in [1.54, 1.807) is 0 Å². The zero-order valence-corrected chi connectivity index (χ0v) is 17.8. The van der Waals surface area contributed by atoms with Crippen LogP contribution in [0.5, 0.6) is 0 Å². The number of primary amides is 1. The summed E-state index contributed by atoms with van der Waals surface area (Å²) < 4.78 is 5.87. The van der Waals surface area contributed by atoms with Crippen molar-refractivity contribution >= 4 is 33.8 Å². The van der Waals surface area contributed by atoms with Gasteiger partial charge in [0, 0.05) is 17.4 Å². The first-order valence-electron chi connectivity index (χ1n) is 9.29. The summed E-state index contributed by atoms with van der Waals surface area (Å²) in [6.07, 6.45) is -1.93. The number of aliphatic hydroxyl groups is 1. The lowest BCUT2D eigenvalue weighted by Gasteiger charge is -2.17. The maximum absolute atomic E-state index is 12.1. The van der Waals surface area contributed by atoms with Crippen LogP contribution >= 0.6 is 15.9 Å². The van der Waals surface area contributed by atoms with Crippen LogP contribution in [0.4, 0.5) is 4.79 Å². The second-order valence-electron chi connectivity index (χ2n) is 6.66. The van der Waals surface area contributed by atoms with Crippen molar-refractivity contribution in [3.05, 3.63) is 70.2 Å². The van der Waals surface area contributed by atoms with Gasteiger partial charge in [-0.3, -0.25) is 9.59 Å². The third kappa shape index (κ3) is 8.62. The molecule has 3 amide bonds. The molecule has 0 saturated carbocycles. The standard InChI is InChI=1S/C21H24BrN3O5/c22-16-8-4-7-15(9-16)10-18(20(23)28)25-19(27)11-17(26)12-24-21(29)30-13-14-5-2-1-3-6-14/h1-9,17-18,26H,10-13H2,(H2,23,28)(H,24,29)(H,25,27)/t17-,18-/m0/s1. The molecular weight excluding hydrogens is 454 g/mol. The van der Waals surface area contributed by atoms with Crippen LogP contribution < -0.4 is 16.4 Å². The number of ether oxygens (including phenoxy) is 1. The van der Waals surface area contributed by atoms with Crippen molar-refractivity contribution in [2.24, 2.45) is 5.73 Å². The van der Waals surface area contributed by atoms with E-state index in [2.05, 4.69) is 26.6 Å². The molecule has 2 atom stereocenters. The Balaban J connectivity index is 1.73. The average Bonchev–Trinajstić information content (AvgIpc) is 2.71. The maximum atomic E-state index is 12.1. The van der Waals surface area contributed by atoms with Gasteiger partial charge in [-0.25, -0.2) is 4.79 Å². The summed E-state index contributed by atoms with van der Waals surface area (Å²) in [5, 5.41) is 14.9. The van der Waals surface area contributed by atoms with E-state index in [0.717, 1.165) is 15.6 Å². The minimum absolute atomic E-state index is 0.0964. The molecular formula is C21H24BrN3O5. The maximum Gasteiger partial charge on any atom is 0.407 e. The molecule has 0 aromatic heterocycles. The second kappa shape index (κ2) is 11.9. The van der Waals surface area contributed by atoms with Gasteiger partial charge in [0.2, 0.25) is 11.8 Å². The van der Waals surface area contributed by atoms with E-state index in [4.69, 9.17) is 10.5 Å². The molecule has 0 heterocycles. The molecule has 0 saturated heterocycles. The molecule has 8 nitrogen and oxygen atoms in total. The van der Waals surface area contributed by atoms with Gasteiger partial charge in [0.25, 0.3) is 0 Å². The van der Waals surface area contributed by atoms with Crippen molar-refractivity contribution in [2.75, 3.05) is 6.54 Å². The Kier molecular flexibility index (Phi) is 9.30. The Morgan fingerprint density at radius 2 is 1.77 bits per heavy atom. The highest BCUT2D eigenvalue weighted by atomic mass is 79.9. The topological polar surface area (TPSA) is 131 Å². The van der Waals surface area contributed by atoms with Crippen LogP contribution in [-0.2, 0) is 27.4 Å². The first kappa shape index (κ1) is 23.4. The summed E-state index contributed by atoms with van der Waals surface area (Å²) in [5.74, 6) is -1.24. The molecule has 0 radical (unpaired) electrons. The highest BCUT2D eigenvalue weighted by Crippen LogP contribution is 2.13. The minimum atomic E-state index is -1.14. The monoisotopic (exact) mass is 477 g/mol. The van der Waals surface area contributed by atoms with E-state index in [1.165, 1.54) is 0 Å². The normalized spacial score (nSPS) is 12.5. The summed E-state index contributed by atoms with van der Waals surface area (Å²) in [6.45, 7) is -0.0763. The number of halogens is 1. The first-order chi connectivity index (χ1) is 14.3. The van der Waals surface area contributed by atoms with Gasteiger partial charge in [-0.1, -0.05) is 58.4 Å². The smallest absolute Gasteiger partial charge is 0.407 e. The minimum Gasteiger partial charge on any atom is -0.445 e. The number of nitrogens with two attached hydrogens (primary N) is 1. The molecule has 9 heteroatoms. The van der Waals surface area contributed by atoms with Gasteiger partial charge in [-0.05, 0) is 23.3 Å². The zero-order valence-electron chi connectivity index (χ0n) is 16.2. The first-order valence-corrected chi connectivity index (χ1v) is 10.1. The van der Waals surface area contributed by atoms with Crippen molar-refractivity contribution in [1.82, 2.24) is 10.6 Å². The summed E-state index contributed by atoms with van der Waals surface area (Å²) >= 11 is 3.34. The lowest BCUT2D eigenvalue weighted by molar-refractivity contribution is -0.128. The Morgan fingerprint density at radius 3 is 2.43 bits per heavy atom.